The second-order valence-corrected chi connectivity index (χ2v) is 4.06. The maximum absolute atomic E-state index is 8.70. The van der Waals surface area contributed by atoms with Gasteiger partial charge in [0.2, 0.25) is 0 Å². The molecule has 2 heterocycles. The molecule has 4 nitrogen and oxygen atoms in total. The Labute approximate surface area is 95.5 Å². The molecule has 1 aromatic rings. The van der Waals surface area contributed by atoms with Crippen LogP contribution < -0.4 is 4.90 Å². The highest BCUT2D eigenvalue weighted by Crippen LogP contribution is 2.22. The van der Waals surface area contributed by atoms with E-state index in [-0.39, 0.29) is 6.10 Å². The second kappa shape index (κ2) is 4.50. The predicted molar refractivity (Wildman–Crippen MR) is 61.2 cm³/mol. The van der Waals surface area contributed by atoms with Gasteiger partial charge in [0.1, 0.15) is 11.9 Å². The molecule has 0 aliphatic carbocycles. The van der Waals surface area contributed by atoms with Gasteiger partial charge in [-0.15, -0.1) is 0 Å². The van der Waals surface area contributed by atoms with Crippen molar-refractivity contribution in [2.24, 2.45) is 0 Å². The van der Waals surface area contributed by atoms with Crippen molar-refractivity contribution in [1.82, 2.24) is 4.98 Å². The molecule has 2 atom stereocenters. The summed E-state index contributed by atoms with van der Waals surface area (Å²) in [4.78, 5) is 6.40. The van der Waals surface area contributed by atoms with E-state index in [4.69, 9.17) is 10.00 Å². The molecule has 0 radical (unpaired) electrons. The minimum atomic E-state index is 0.238. The first-order valence-electron chi connectivity index (χ1n) is 5.43. The van der Waals surface area contributed by atoms with Gasteiger partial charge in [0.25, 0.3) is 0 Å². The predicted octanol–water partition coefficient (Wildman–Crippen LogP) is 1.57. The molecule has 0 amide bonds. The van der Waals surface area contributed by atoms with E-state index in [0.29, 0.717) is 11.6 Å². The number of aromatic nitrogens is 1. The van der Waals surface area contributed by atoms with Crippen LogP contribution in [0.1, 0.15) is 18.9 Å². The summed E-state index contributed by atoms with van der Waals surface area (Å²) < 4.78 is 5.53. The Hall–Kier alpha value is -1.60. The Morgan fingerprint density at radius 3 is 2.88 bits per heavy atom. The van der Waals surface area contributed by atoms with E-state index in [9.17, 15) is 0 Å². The van der Waals surface area contributed by atoms with Crippen molar-refractivity contribution in [2.45, 2.75) is 25.5 Å². The van der Waals surface area contributed by atoms with Gasteiger partial charge in [-0.1, -0.05) is 0 Å². The number of nitriles is 1. The van der Waals surface area contributed by atoms with E-state index in [1.54, 1.807) is 12.3 Å². The van der Waals surface area contributed by atoms with Gasteiger partial charge >= 0.3 is 0 Å². The van der Waals surface area contributed by atoms with Crippen molar-refractivity contribution in [1.29, 1.82) is 5.26 Å². The fourth-order valence-corrected chi connectivity index (χ4v) is 2.06. The summed E-state index contributed by atoms with van der Waals surface area (Å²) in [6.07, 6.45) is 2.87. The molecule has 0 aromatic carbocycles. The fourth-order valence-electron chi connectivity index (χ4n) is 2.06. The maximum Gasteiger partial charge on any atom is 0.128 e. The van der Waals surface area contributed by atoms with Crippen LogP contribution in [0.5, 0.6) is 0 Å². The third-order valence-corrected chi connectivity index (χ3v) is 3.07. The van der Waals surface area contributed by atoms with Crippen LogP contribution in [0.2, 0.25) is 0 Å². The number of likely N-dealkylation sites (N-methyl/N-ethyl adjacent to an activating group) is 1. The standard InChI is InChI=1S/C12H15N3O/c1-9-11(5-6-16-9)15(2)12-4-3-10(7-13)8-14-12/h3-4,8-9,11H,5-6H2,1-2H3. The summed E-state index contributed by atoms with van der Waals surface area (Å²) in [6.45, 7) is 2.89. The minimum Gasteiger partial charge on any atom is -0.376 e. The first-order valence-corrected chi connectivity index (χ1v) is 5.43. The number of pyridine rings is 1. The van der Waals surface area contributed by atoms with Crippen LogP contribution in [0, 0.1) is 11.3 Å². The van der Waals surface area contributed by atoms with Crippen molar-refractivity contribution in [3.8, 4) is 6.07 Å². The quantitative estimate of drug-likeness (QED) is 0.754. The molecular weight excluding hydrogens is 202 g/mol. The number of hydrogen-bond donors (Lipinski definition) is 0. The highest BCUT2D eigenvalue weighted by Gasteiger charge is 2.28. The highest BCUT2D eigenvalue weighted by molar-refractivity contribution is 5.42. The minimum absolute atomic E-state index is 0.238. The molecule has 1 fully saturated rings. The molecule has 0 spiro atoms. The van der Waals surface area contributed by atoms with Crippen molar-refractivity contribution < 1.29 is 4.74 Å². The smallest absolute Gasteiger partial charge is 0.128 e. The Bertz CT molecular complexity index is 396. The monoisotopic (exact) mass is 217 g/mol. The number of anilines is 1. The summed E-state index contributed by atoms with van der Waals surface area (Å²) in [6, 6.07) is 6.11. The summed E-state index contributed by atoms with van der Waals surface area (Å²) in [7, 11) is 2.02. The lowest BCUT2D eigenvalue weighted by atomic mass is 10.1. The van der Waals surface area contributed by atoms with Crippen LogP contribution in [0.3, 0.4) is 0 Å². The molecule has 1 aliphatic heterocycles. The fraction of sp³-hybridized carbons (Fsp3) is 0.500. The topological polar surface area (TPSA) is 49.1 Å². The molecule has 1 saturated heterocycles. The molecule has 1 aliphatic rings. The molecule has 0 N–H and O–H groups in total. The second-order valence-electron chi connectivity index (χ2n) is 4.06. The van der Waals surface area contributed by atoms with E-state index < -0.39 is 0 Å². The third-order valence-electron chi connectivity index (χ3n) is 3.07. The maximum atomic E-state index is 8.70. The van der Waals surface area contributed by atoms with Crippen LogP contribution in [0.15, 0.2) is 18.3 Å². The van der Waals surface area contributed by atoms with Gasteiger partial charge < -0.3 is 9.64 Å². The Balaban J connectivity index is 2.14. The molecule has 84 valence electrons. The molecular formula is C12H15N3O. The van der Waals surface area contributed by atoms with E-state index in [2.05, 4.69) is 22.9 Å². The van der Waals surface area contributed by atoms with Crippen LogP contribution in [-0.4, -0.2) is 30.8 Å². The van der Waals surface area contributed by atoms with Crippen LogP contribution in [0.25, 0.3) is 0 Å². The van der Waals surface area contributed by atoms with Crippen LogP contribution >= 0.6 is 0 Å². The van der Waals surface area contributed by atoms with Crippen molar-refractivity contribution in [3.63, 3.8) is 0 Å². The highest BCUT2D eigenvalue weighted by atomic mass is 16.5. The number of rotatable bonds is 2. The molecule has 1 aromatic heterocycles. The summed E-state index contributed by atoms with van der Waals surface area (Å²) in [5.74, 6) is 0.890. The zero-order valence-corrected chi connectivity index (χ0v) is 9.55. The van der Waals surface area contributed by atoms with Crippen molar-refractivity contribution in [3.05, 3.63) is 23.9 Å². The molecule has 0 saturated carbocycles. The zero-order valence-electron chi connectivity index (χ0n) is 9.55. The van der Waals surface area contributed by atoms with E-state index in [1.165, 1.54) is 0 Å². The van der Waals surface area contributed by atoms with Crippen LogP contribution in [-0.2, 0) is 4.74 Å². The molecule has 0 bridgehead atoms. The van der Waals surface area contributed by atoms with Crippen molar-refractivity contribution >= 4 is 5.82 Å². The summed E-state index contributed by atoms with van der Waals surface area (Å²) in [5, 5.41) is 8.70. The Morgan fingerprint density at radius 1 is 1.56 bits per heavy atom. The normalized spacial score (nSPS) is 24.1. The van der Waals surface area contributed by atoms with Crippen LogP contribution in [0.4, 0.5) is 5.82 Å². The van der Waals surface area contributed by atoms with Gasteiger partial charge in [0.15, 0.2) is 0 Å². The van der Waals surface area contributed by atoms with Gasteiger partial charge in [-0.2, -0.15) is 5.26 Å². The van der Waals surface area contributed by atoms with Gasteiger partial charge in [0, 0.05) is 19.9 Å². The Kier molecular flexibility index (Phi) is 3.07. The van der Waals surface area contributed by atoms with Crippen molar-refractivity contribution in [2.75, 3.05) is 18.6 Å². The summed E-state index contributed by atoms with van der Waals surface area (Å²) >= 11 is 0. The molecule has 2 rings (SSSR count). The first-order chi connectivity index (χ1) is 7.72. The van der Waals surface area contributed by atoms with E-state index in [0.717, 1.165) is 18.8 Å². The average Bonchev–Trinajstić information content (AvgIpc) is 2.75. The first kappa shape index (κ1) is 10.9. The SMILES string of the molecule is CC1OCCC1N(C)c1ccc(C#N)cn1. The zero-order chi connectivity index (χ0) is 11.5. The number of hydrogen-bond acceptors (Lipinski definition) is 4. The summed E-state index contributed by atoms with van der Waals surface area (Å²) in [5.41, 5.74) is 0.591. The molecule has 4 heteroatoms. The van der Waals surface area contributed by atoms with E-state index >= 15 is 0 Å². The van der Waals surface area contributed by atoms with E-state index in [1.807, 2.05) is 13.1 Å². The third kappa shape index (κ3) is 2.00. The Morgan fingerprint density at radius 2 is 2.38 bits per heavy atom. The molecule has 16 heavy (non-hydrogen) atoms. The molecule has 2 unspecified atom stereocenters. The average molecular weight is 217 g/mol. The number of nitrogens with zero attached hydrogens (tertiary/aromatic N) is 3. The van der Waals surface area contributed by atoms with Gasteiger partial charge in [-0.05, 0) is 25.5 Å². The number of ether oxygens (including phenoxy) is 1. The lowest BCUT2D eigenvalue weighted by Gasteiger charge is -2.27. The largest absolute Gasteiger partial charge is 0.376 e. The lowest BCUT2D eigenvalue weighted by molar-refractivity contribution is 0.118. The van der Waals surface area contributed by atoms with Gasteiger partial charge in [-0.25, -0.2) is 4.98 Å². The van der Waals surface area contributed by atoms with Gasteiger partial charge in [0.05, 0.1) is 17.7 Å². The van der Waals surface area contributed by atoms with Gasteiger partial charge in [-0.3, -0.25) is 0 Å². The lowest BCUT2D eigenvalue weighted by Crippen LogP contribution is -2.37.